The first-order valence-corrected chi connectivity index (χ1v) is 39.2. The normalized spacial score (nSPS) is 32.2. The molecule has 0 spiro atoms. The Morgan fingerprint density at radius 2 is 1.31 bits per heavy atom. The number of carbonyl (C=O) groups is 11. The van der Waals surface area contributed by atoms with Gasteiger partial charge >= 0.3 is 5.97 Å². The highest BCUT2D eigenvalue weighted by Gasteiger charge is 2.47. The first-order chi connectivity index (χ1) is 49.1. The second-order valence-corrected chi connectivity index (χ2v) is 31.6. The van der Waals surface area contributed by atoms with Gasteiger partial charge in [0.2, 0.25) is 53.2 Å². The second kappa shape index (κ2) is 37.7. The van der Waals surface area contributed by atoms with E-state index in [1.54, 1.807) is 0 Å². The molecule has 2 saturated carbocycles. The Morgan fingerprint density at radius 3 is 1.97 bits per heavy atom. The van der Waals surface area contributed by atoms with Gasteiger partial charge < -0.3 is 80.0 Å². The minimum absolute atomic E-state index is 0.0382. The van der Waals surface area contributed by atoms with Crippen LogP contribution < -0.4 is 70.0 Å². The summed E-state index contributed by atoms with van der Waals surface area (Å²) < 4.78 is 31.3. The SMILES string of the molecule is NCCCC[C@@H]1NC(=O)CCSCc2cccc(c2)CSC[C@@H](C(N)=O)NC(=O)[C@@H]2CCCN2C(=O)[C@H](Cc2nc3ccccc3s2)CC(=O)[C@H](CC2CNCN2)NC(=O)[C@H](CC(=O)O)NC(=O)[C@H](CC2CNC3CCC(F)CC23)NC(=O)[C@H](CC2CNC3CCC(F)CC23)NC(=O)CNC1=O. The molecule has 4 saturated heterocycles. The lowest BCUT2D eigenvalue weighted by Crippen LogP contribution is -2.59. The number of amides is 9. The number of carboxylic acid groups (broad SMARTS) is 1. The Hall–Kier alpha value is -6.94. The molecule has 2 aromatic carbocycles. The Morgan fingerprint density at radius 1 is 0.667 bits per heavy atom. The number of alkyl halides is 2. The topological polar surface area (TPSA) is 408 Å². The molecule has 9 unspecified atom stereocenters. The van der Waals surface area contributed by atoms with Gasteiger partial charge in [0.25, 0.3) is 0 Å². The summed E-state index contributed by atoms with van der Waals surface area (Å²) in [6.45, 7) is 1.22. The number of para-hydroxylation sites is 1. The van der Waals surface area contributed by atoms with Crippen LogP contribution in [0.4, 0.5) is 8.78 Å². The number of rotatable bonds is 15. The number of halogens is 2. The highest BCUT2D eigenvalue weighted by molar-refractivity contribution is 7.98. The molecule has 16 N–H and O–H groups in total. The van der Waals surface area contributed by atoms with Crippen molar-refractivity contribution in [3.05, 3.63) is 64.7 Å². The van der Waals surface area contributed by atoms with E-state index in [1.807, 2.05) is 48.5 Å². The molecule has 0 radical (unpaired) electrons. The number of hydrogen-bond donors (Lipinski definition) is 14. The second-order valence-electron chi connectivity index (χ2n) is 28.4. The molecule has 32 heteroatoms. The van der Waals surface area contributed by atoms with Gasteiger partial charge in [-0.25, -0.2) is 13.8 Å². The van der Waals surface area contributed by atoms with Crippen LogP contribution in [0.1, 0.15) is 125 Å². The number of nitrogens with two attached hydrogens (primary N) is 2. The Kier molecular flexibility index (Phi) is 28.7. The lowest BCUT2D eigenvalue weighted by molar-refractivity contribution is -0.144. The Balaban J connectivity index is 0.957. The van der Waals surface area contributed by atoms with E-state index in [1.165, 1.54) is 39.8 Å². The number of benzene rings is 2. The minimum atomic E-state index is -1.89. The van der Waals surface area contributed by atoms with Crippen molar-refractivity contribution in [2.45, 2.75) is 200 Å². The van der Waals surface area contributed by atoms with Crippen LogP contribution in [0.15, 0.2) is 48.5 Å². The molecule has 1 aromatic heterocycles. The number of ketones is 1. The Labute approximate surface area is 604 Å². The van der Waals surface area contributed by atoms with Crippen LogP contribution in [-0.2, 0) is 70.7 Å². The summed E-state index contributed by atoms with van der Waals surface area (Å²) in [6, 6.07) is 5.03. The Bertz CT molecular complexity index is 3430. The molecule has 17 atom stereocenters. The van der Waals surface area contributed by atoms with Gasteiger partial charge in [0, 0.05) is 80.2 Å². The fourth-order valence-corrected chi connectivity index (χ4v) is 18.6. The predicted molar refractivity (Wildman–Crippen MR) is 382 cm³/mol. The highest BCUT2D eigenvalue weighted by atomic mass is 32.2. The fraction of sp³-hybridized carbons (Fsp3) is 0.657. The van der Waals surface area contributed by atoms with E-state index >= 15 is 28.0 Å². The number of aromatic nitrogens is 1. The van der Waals surface area contributed by atoms with E-state index in [0.29, 0.717) is 106 Å². The van der Waals surface area contributed by atoms with Crippen LogP contribution in [0, 0.1) is 29.6 Å². The summed E-state index contributed by atoms with van der Waals surface area (Å²) >= 11 is 4.19. The summed E-state index contributed by atoms with van der Waals surface area (Å²) in [5, 5.41) is 43.4. The highest BCUT2D eigenvalue weighted by Crippen LogP contribution is 2.40. The minimum Gasteiger partial charge on any atom is -0.481 e. The van der Waals surface area contributed by atoms with Crippen molar-refractivity contribution in [2.24, 2.45) is 41.1 Å². The first-order valence-electron chi connectivity index (χ1n) is 36.0. The maximum absolute atomic E-state index is 15.3. The van der Waals surface area contributed by atoms with E-state index in [9.17, 15) is 38.7 Å². The van der Waals surface area contributed by atoms with Crippen molar-refractivity contribution in [1.82, 2.24) is 68.4 Å². The van der Waals surface area contributed by atoms with Crippen molar-refractivity contribution in [3.8, 4) is 0 Å². The average Bonchev–Trinajstić information content (AvgIpc) is 1.62. The monoisotopic (exact) mass is 1480 g/mol. The van der Waals surface area contributed by atoms with Crippen LogP contribution in [0.25, 0.3) is 10.2 Å². The van der Waals surface area contributed by atoms with Crippen LogP contribution in [-0.4, -0.2) is 210 Å². The smallest absolute Gasteiger partial charge is 0.305 e. The number of primary amides is 1. The lowest BCUT2D eigenvalue weighted by atomic mass is 9.76. The standard InChI is InChI=1S/C70H99F2N15O12S3/c71-43-13-15-48-46(26-43)41(30-76-48)22-53-66(95)84-54(23-42-31-77-49-16-14-44(72)27-47(42)49)67(96)85-55(29-63(91)92)68(97)83-52(28-45-32-75-37-79-45)58(88)24-40(25-62-82-50-9-1-2-12-59(50)102-62)70(99)87-19-6-11-57(87)69(98)86-56(64(74)93)36-101-35-39-8-5-7-38(21-39)34-100-20-17-60(89)80-51(10-3-4-18-73)65(94)78-33-61(90)81-53/h1-2,5,7-9,12,21,40-49,51-57,75-77,79H,3-4,6,10-11,13-20,22-37,73H2,(H2,74,93)(H,78,94)(H,80,89)(H,81,90)(H,83,97)(H,84,95)(H,85,96)(H,86,98)(H,91,92)/t40-,41?,42?,43?,44?,45?,46?,47?,48?,49?,51-,52-,53-,54-,55-,56-,57-/m0/s1. The number of hydrogen-bond acceptors (Lipinski definition) is 20. The van der Waals surface area contributed by atoms with Gasteiger partial charge in [-0.3, -0.25) is 52.7 Å². The first kappa shape index (κ1) is 77.7. The van der Waals surface area contributed by atoms with Gasteiger partial charge in [-0.2, -0.15) is 23.5 Å². The molecule has 10 rings (SSSR count). The number of thiazole rings is 1. The third-order valence-corrected chi connectivity index (χ3v) is 24.2. The number of carbonyl (C=O) groups excluding carboxylic acids is 10. The summed E-state index contributed by atoms with van der Waals surface area (Å²) in [5.74, 6) is -9.90. The molecule has 6 fully saturated rings. The molecular formula is C70H99F2N15O12S3. The van der Waals surface area contributed by atoms with E-state index in [-0.39, 0.29) is 99.9 Å². The van der Waals surface area contributed by atoms with Crippen molar-refractivity contribution in [2.75, 3.05) is 57.4 Å². The number of carboxylic acids is 1. The lowest BCUT2D eigenvalue weighted by Gasteiger charge is -2.33. The molecule has 558 valence electrons. The number of aliphatic carboxylic acids is 1. The van der Waals surface area contributed by atoms with E-state index in [2.05, 4.69) is 58.5 Å². The molecule has 2 aliphatic carbocycles. The van der Waals surface area contributed by atoms with Crippen molar-refractivity contribution < 1.29 is 66.6 Å². The number of Topliss-reactive ketones (excluding diaryl/α,β-unsaturated/α-hetero) is 1. The van der Waals surface area contributed by atoms with E-state index in [4.69, 9.17) is 16.5 Å². The van der Waals surface area contributed by atoms with Crippen molar-refractivity contribution >= 4 is 110 Å². The summed E-state index contributed by atoms with van der Waals surface area (Å²) in [5.41, 5.74) is 14.3. The summed E-state index contributed by atoms with van der Waals surface area (Å²) in [7, 11) is 0. The average molecular weight is 1480 g/mol. The molecule has 7 aliphatic rings. The maximum atomic E-state index is 15.3. The maximum Gasteiger partial charge on any atom is 0.305 e. The fourth-order valence-electron chi connectivity index (χ4n) is 15.7. The number of nitrogens with zero attached hydrogens (tertiary/aromatic N) is 2. The molecule has 2 bridgehead atoms. The summed E-state index contributed by atoms with van der Waals surface area (Å²) in [6.07, 6.45) is 0.00331. The van der Waals surface area contributed by atoms with Crippen LogP contribution >= 0.6 is 34.9 Å². The molecule has 9 amide bonds. The third-order valence-electron chi connectivity index (χ3n) is 21.0. The van der Waals surface area contributed by atoms with E-state index in [0.717, 1.165) is 15.8 Å². The van der Waals surface area contributed by atoms with Crippen LogP contribution in [0.5, 0.6) is 0 Å². The quantitative estimate of drug-likeness (QED) is 0.0952. The number of unbranched alkanes of at least 4 members (excludes halogenated alkanes) is 1. The third kappa shape index (κ3) is 21.8. The molecule has 3 aromatic rings. The van der Waals surface area contributed by atoms with Gasteiger partial charge in [0.05, 0.1) is 40.1 Å². The largest absolute Gasteiger partial charge is 0.481 e. The van der Waals surface area contributed by atoms with Gasteiger partial charge in [0.15, 0.2) is 5.78 Å². The number of thioether (sulfide) groups is 2. The van der Waals surface area contributed by atoms with Crippen molar-refractivity contribution in [1.29, 1.82) is 0 Å². The van der Waals surface area contributed by atoms with E-state index < -0.39 is 157 Å². The molecule has 5 aliphatic heterocycles. The zero-order valence-corrected chi connectivity index (χ0v) is 59.9. The van der Waals surface area contributed by atoms with Gasteiger partial charge in [-0.15, -0.1) is 11.3 Å². The van der Waals surface area contributed by atoms with Gasteiger partial charge in [0.1, 0.15) is 48.6 Å². The predicted octanol–water partition coefficient (Wildman–Crippen LogP) is 1.23. The number of fused-ring (bicyclic) bond motifs is 6. The molecular weight excluding hydrogens is 1380 g/mol. The van der Waals surface area contributed by atoms with Gasteiger partial charge in [-0.1, -0.05) is 36.4 Å². The van der Waals surface area contributed by atoms with Crippen LogP contribution in [0.2, 0.25) is 0 Å². The zero-order chi connectivity index (χ0) is 72.4. The van der Waals surface area contributed by atoms with Crippen LogP contribution in [0.3, 0.4) is 0 Å². The molecule has 6 heterocycles. The number of nitrogens with one attached hydrogen (secondary N) is 11. The molecule has 27 nitrogen and oxygen atoms in total. The zero-order valence-electron chi connectivity index (χ0n) is 57.4. The van der Waals surface area contributed by atoms with Gasteiger partial charge in [-0.05, 0) is 156 Å². The van der Waals surface area contributed by atoms with Crippen molar-refractivity contribution in [3.63, 3.8) is 0 Å². The summed E-state index contributed by atoms with van der Waals surface area (Å²) in [4.78, 5) is 164. The molecule has 102 heavy (non-hydrogen) atoms.